The molecule has 0 aliphatic carbocycles. The van der Waals surface area contributed by atoms with E-state index in [4.69, 9.17) is 4.74 Å². The Kier molecular flexibility index (Phi) is 8.62. The molecule has 0 spiro atoms. The number of hydrogen-bond donors (Lipinski definition) is 1. The zero-order chi connectivity index (χ0) is 27.1. The number of sulfonamides is 1. The molecule has 0 unspecified atom stereocenters. The molecule has 3 aromatic rings. The summed E-state index contributed by atoms with van der Waals surface area (Å²) in [5.74, 6) is -0.338. The molecule has 1 aliphatic heterocycles. The van der Waals surface area contributed by atoms with Gasteiger partial charge >= 0.3 is 0 Å². The Bertz CT molecular complexity index is 1360. The fourth-order valence-electron chi connectivity index (χ4n) is 4.17. The van der Waals surface area contributed by atoms with Gasteiger partial charge in [0.15, 0.2) is 0 Å². The van der Waals surface area contributed by atoms with Crippen molar-refractivity contribution in [2.24, 2.45) is 0 Å². The summed E-state index contributed by atoms with van der Waals surface area (Å²) in [7, 11) is -4.16. The van der Waals surface area contributed by atoms with Crippen molar-refractivity contribution in [1.82, 2.24) is 10.2 Å². The molecular formula is C28H30FN3O5S. The van der Waals surface area contributed by atoms with Gasteiger partial charge in [-0.25, -0.2) is 12.8 Å². The van der Waals surface area contributed by atoms with Crippen LogP contribution in [0, 0.1) is 5.82 Å². The van der Waals surface area contributed by atoms with Gasteiger partial charge in [-0.05, 0) is 73.0 Å². The quantitative estimate of drug-likeness (QED) is 0.399. The Labute approximate surface area is 222 Å². The summed E-state index contributed by atoms with van der Waals surface area (Å²) < 4.78 is 46.7. The van der Waals surface area contributed by atoms with Crippen LogP contribution < -0.4 is 14.4 Å². The SMILES string of the molecule is CCOc1ccc(N(CC(=O)NCc2ccc(CN3CCCC3=O)cc2)S(=O)(=O)c2ccc(F)cc2)cc1. The molecule has 10 heteroatoms. The molecular weight excluding hydrogens is 509 g/mol. The van der Waals surface area contributed by atoms with E-state index in [-0.39, 0.29) is 23.0 Å². The normalized spacial score (nSPS) is 13.4. The number of nitrogens with zero attached hydrogens (tertiary/aromatic N) is 2. The standard InChI is InChI=1S/C28H30FN3O5S/c1-2-37-25-13-11-24(12-14-25)32(38(35,36)26-15-9-23(29)10-16-26)20-27(33)30-18-21-5-7-22(8-6-21)19-31-17-3-4-28(31)34/h5-16H,2-4,17-20H2,1H3,(H,30,33). The second-order valence-electron chi connectivity index (χ2n) is 8.90. The molecule has 1 N–H and O–H groups in total. The lowest BCUT2D eigenvalue weighted by atomic mass is 10.1. The molecule has 1 saturated heterocycles. The molecule has 200 valence electrons. The van der Waals surface area contributed by atoms with E-state index >= 15 is 0 Å². The van der Waals surface area contributed by atoms with Gasteiger partial charge in [0.1, 0.15) is 18.1 Å². The van der Waals surface area contributed by atoms with Crippen molar-refractivity contribution >= 4 is 27.5 Å². The number of ether oxygens (including phenoxy) is 1. The van der Waals surface area contributed by atoms with E-state index in [1.807, 2.05) is 36.1 Å². The average molecular weight is 540 g/mol. The summed E-state index contributed by atoms with van der Waals surface area (Å²) in [5.41, 5.74) is 2.11. The molecule has 0 atom stereocenters. The minimum Gasteiger partial charge on any atom is -0.494 e. The largest absolute Gasteiger partial charge is 0.494 e. The van der Waals surface area contributed by atoms with Gasteiger partial charge in [-0.2, -0.15) is 0 Å². The van der Waals surface area contributed by atoms with Crippen molar-refractivity contribution in [3.8, 4) is 5.75 Å². The van der Waals surface area contributed by atoms with Crippen LogP contribution in [-0.4, -0.2) is 44.8 Å². The van der Waals surface area contributed by atoms with Gasteiger partial charge < -0.3 is 15.0 Å². The Morgan fingerprint density at radius 3 is 2.26 bits per heavy atom. The summed E-state index contributed by atoms with van der Waals surface area (Å²) in [4.78, 5) is 26.4. The molecule has 1 aliphatic rings. The summed E-state index contributed by atoms with van der Waals surface area (Å²) in [6.45, 7) is 3.35. The lowest BCUT2D eigenvalue weighted by Crippen LogP contribution is -2.40. The highest BCUT2D eigenvalue weighted by molar-refractivity contribution is 7.92. The molecule has 0 radical (unpaired) electrons. The van der Waals surface area contributed by atoms with Gasteiger partial charge in [0.25, 0.3) is 10.0 Å². The van der Waals surface area contributed by atoms with Crippen molar-refractivity contribution in [2.75, 3.05) is 24.0 Å². The van der Waals surface area contributed by atoms with E-state index in [1.54, 1.807) is 24.3 Å². The lowest BCUT2D eigenvalue weighted by Gasteiger charge is -2.24. The van der Waals surface area contributed by atoms with E-state index in [1.165, 1.54) is 12.1 Å². The Hall–Kier alpha value is -3.92. The van der Waals surface area contributed by atoms with E-state index in [9.17, 15) is 22.4 Å². The average Bonchev–Trinajstić information content (AvgIpc) is 3.32. The zero-order valence-corrected chi connectivity index (χ0v) is 21.9. The molecule has 1 heterocycles. The number of benzene rings is 3. The number of hydrogen-bond acceptors (Lipinski definition) is 5. The minimum absolute atomic E-state index is 0.132. The van der Waals surface area contributed by atoms with Crippen LogP contribution in [0.3, 0.4) is 0 Å². The second-order valence-corrected chi connectivity index (χ2v) is 10.8. The minimum atomic E-state index is -4.16. The van der Waals surface area contributed by atoms with Gasteiger partial charge in [-0.1, -0.05) is 24.3 Å². The van der Waals surface area contributed by atoms with Gasteiger partial charge in [-0.3, -0.25) is 13.9 Å². The smallest absolute Gasteiger partial charge is 0.264 e. The number of carbonyl (C=O) groups excluding carboxylic acids is 2. The number of anilines is 1. The van der Waals surface area contributed by atoms with Gasteiger partial charge in [0.05, 0.1) is 17.2 Å². The van der Waals surface area contributed by atoms with E-state index in [2.05, 4.69) is 5.32 Å². The first-order valence-corrected chi connectivity index (χ1v) is 13.8. The van der Waals surface area contributed by atoms with Crippen molar-refractivity contribution < 1.29 is 27.1 Å². The highest BCUT2D eigenvalue weighted by atomic mass is 32.2. The number of carbonyl (C=O) groups is 2. The monoisotopic (exact) mass is 539 g/mol. The fraction of sp³-hybridized carbons (Fsp3) is 0.286. The Morgan fingerprint density at radius 2 is 1.66 bits per heavy atom. The first-order chi connectivity index (χ1) is 18.3. The second kappa shape index (κ2) is 12.1. The molecule has 38 heavy (non-hydrogen) atoms. The summed E-state index contributed by atoms with van der Waals surface area (Å²) in [5, 5.41) is 2.77. The van der Waals surface area contributed by atoms with Crippen LogP contribution in [0.4, 0.5) is 10.1 Å². The van der Waals surface area contributed by atoms with Gasteiger partial charge in [0.2, 0.25) is 11.8 Å². The Morgan fingerprint density at radius 1 is 1.00 bits per heavy atom. The zero-order valence-electron chi connectivity index (χ0n) is 21.1. The molecule has 3 aromatic carbocycles. The highest BCUT2D eigenvalue weighted by Crippen LogP contribution is 2.26. The Balaban J connectivity index is 1.45. The molecule has 8 nitrogen and oxygen atoms in total. The van der Waals surface area contributed by atoms with Crippen molar-refractivity contribution in [3.63, 3.8) is 0 Å². The van der Waals surface area contributed by atoms with Crippen LogP contribution in [0.1, 0.15) is 30.9 Å². The first kappa shape index (κ1) is 27.1. The predicted molar refractivity (Wildman–Crippen MR) is 141 cm³/mol. The third-order valence-corrected chi connectivity index (χ3v) is 7.97. The molecule has 1 fully saturated rings. The van der Waals surface area contributed by atoms with Crippen LogP contribution in [0.5, 0.6) is 5.75 Å². The third kappa shape index (κ3) is 6.69. The first-order valence-electron chi connectivity index (χ1n) is 12.4. The number of likely N-dealkylation sites (tertiary alicyclic amines) is 1. The summed E-state index contributed by atoms with van der Waals surface area (Å²) >= 11 is 0. The van der Waals surface area contributed by atoms with Crippen LogP contribution in [-0.2, 0) is 32.7 Å². The van der Waals surface area contributed by atoms with Crippen molar-refractivity contribution in [1.29, 1.82) is 0 Å². The van der Waals surface area contributed by atoms with Crippen LogP contribution in [0.25, 0.3) is 0 Å². The lowest BCUT2D eigenvalue weighted by molar-refractivity contribution is -0.128. The topological polar surface area (TPSA) is 96.0 Å². The maximum absolute atomic E-state index is 13.4. The molecule has 2 amide bonds. The molecule has 0 bridgehead atoms. The summed E-state index contributed by atoms with van der Waals surface area (Å²) in [6.07, 6.45) is 1.47. The van der Waals surface area contributed by atoms with Crippen LogP contribution in [0.2, 0.25) is 0 Å². The fourth-order valence-corrected chi connectivity index (χ4v) is 5.59. The predicted octanol–water partition coefficient (Wildman–Crippen LogP) is 3.86. The van der Waals surface area contributed by atoms with E-state index in [0.717, 1.165) is 40.5 Å². The number of nitrogens with one attached hydrogen (secondary N) is 1. The van der Waals surface area contributed by atoms with Gasteiger partial charge in [0, 0.05) is 26.1 Å². The number of halogens is 1. The maximum atomic E-state index is 13.4. The van der Waals surface area contributed by atoms with E-state index < -0.39 is 28.3 Å². The third-order valence-electron chi connectivity index (χ3n) is 6.18. The molecule has 0 aromatic heterocycles. The van der Waals surface area contributed by atoms with Gasteiger partial charge in [-0.15, -0.1) is 0 Å². The van der Waals surface area contributed by atoms with Crippen LogP contribution >= 0.6 is 0 Å². The van der Waals surface area contributed by atoms with Crippen LogP contribution in [0.15, 0.2) is 77.7 Å². The van der Waals surface area contributed by atoms with Crippen molar-refractivity contribution in [2.45, 2.75) is 37.8 Å². The highest BCUT2D eigenvalue weighted by Gasteiger charge is 2.27. The summed E-state index contributed by atoms with van der Waals surface area (Å²) in [6, 6.07) is 18.4. The van der Waals surface area contributed by atoms with Crippen molar-refractivity contribution in [3.05, 3.63) is 89.7 Å². The molecule has 4 rings (SSSR count). The molecule has 0 saturated carbocycles. The number of amides is 2. The number of rotatable bonds is 11. The van der Waals surface area contributed by atoms with E-state index in [0.29, 0.717) is 25.3 Å². The maximum Gasteiger partial charge on any atom is 0.264 e.